The van der Waals surface area contributed by atoms with Gasteiger partial charge in [-0.3, -0.25) is 4.79 Å². The summed E-state index contributed by atoms with van der Waals surface area (Å²) >= 11 is 0. The predicted octanol–water partition coefficient (Wildman–Crippen LogP) is 1.85. The van der Waals surface area contributed by atoms with Crippen LogP contribution in [0.3, 0.4) is 0 Å². The average Bonchev–Trinajstić information content (AvgIpc) is 2.78. The van der Waals surface area contributed by atoms with E-state index in [4.69, 9.17) is 4.52 Å². The summed E-state index contributed by atoms with van der Waals surface area (Å²) in [6, 6.07) is 7.80. The molecular formula is C13H14FN3O2. The van der Waals surface area contributed by atoms with Gasteiger partial charge in [-0.15, -0.1) is 0 Å². The Hall–Kier alpha value is -2.21. The number of benzene rings is 1. The van der Waals surface area contributed by atoms with Crippen molar-refractivity contribution in [3.05, 3.63) is 47.6 Å². The van der Waals surface area contributed by atoms with Gasteiger partial charge in [-0.25, -0.2) is 4.39 Å². The van der Waals surface area contributed by atoms with Crippen LogP contribution < -0.4 is 10.6 Å². The lowest BCUT2D eigenvalue weighted by molar-refractivity contribution is -0.115. The number of para-hydroxylation sites is 1. The third kappa shape index (κ3) is 3.89. The number of aromatic nitrogens is 1. The van der Waals surface area contributed by atoms with Crippen LogP contribution in [-0.4, -0.2) is 17.6 Å². The highest BCUT2D eigenvalue weighted by molar-refractivity contribution is 5.92. The minimum atomic E-state index is -0.456. The van der Waals surface area contributed by atoms with Crippen LogP contribution in [0.15, 0.2) is 34.9 Å². The first-order valence-corrected chi connectivity index (χ1v) is 5.82. The Morgan fingerprint density at radius 2 is 2.21 bits per heavy atom. The summed E-state index contributed by atoms with van der Waals surface area (Å²) in [5.41, 5.74) is 0.891. The van der Waals surface area contributed by atoms with E-state index in [1.54, 1.807) is 25.1 Å². The van der Waals surface area contributed by atoms with E-state index in [0.29, 0.717) is 12.3 Å². The van der Waals surface area contributed by atoms with E-state index >= 15 is 0 Å². The van der Waals surface area contributed by atoms with Gasteiger partial charge < -0.3 is 15.2 Å². The van der Waals surface area contributed by atoms with Crippen molar-refractivity contribution >= 4 is 11.6 Å². The summed E-state index contributed by atoms with van der Waals surface area (Å²) in [4.78, 5) is 11.6. The standard InChI is InChI=1S/C13H14FN3O2/c1-9-6-10(17-19-9)7-15-8-13(18)16-12-5-3-2-4-11(12)14/h2-6,15H,7-8H2,1H3,(H,16,18). The number of carbonyl (C=O) groups is 1. The van der Waals surface area contributed by atoms with Gasteiger partial charge in [0.2, 0.25) is 5.91 Å². The van der Waals surface area contributed by atoms with Crippen LogP contribution in [0.4, 0.5) is 10.1 Å². The molecule has 1 aromatic carbocycles. The molecule has 0 atom stereocenters. The summed E-state index contributed by atoms with van der Waals surface area (Å²) in [7, 11) is 0. The van der Waals surface area contributed by atoms with Gasteiger partial charge in [-0.2, -0.15) is 0 Å². The second-order valence-corrected chi connectivity index (χ2v) is 4.06. The lowest BCUT2D eigenvalue weighted by Gasteiger charge is -2.06. The lowest BCUT2D eigenvalue weighted by Crippen LogP contribution is -2.28. The average molecular weight is 263 g/mol. The molecule has 0 saturated heterocycles. The van der Waals surface area contributed by atoms with Crippen molar-refractivity contribution in [3.63, 3.8) is 0 Å². The van der Waals surface area contributed by atoms with E-state index in [1.807, 2.05) is 0 Å². The van der Waals surface area contributed by atoms with E-state index < -0.39 is 5.82 Å². The number of amides is 1. The highest BCUT2D eigenvalue weighted by atomic mass is 19.1. The molecule has 2 N–H and O–H groups in total. The number of nitrogens with zero attached hydrogens (tertiary/aromatic N) is 1. The van der Waals surface area contributed by atoms with E-state index in [9.17, 15) is 9.18 Å². The van der Waals surface area contributed by atoms with Crippen LogP contribution >= 0.6 is 0 Å². The van der Waals surface area contributed by atoms with Crippen LogP contribution in [0.25, 0.3) is 0 Å². The molecule has 1 heterocycles. The second kappa shape index (κ2) is 6.10. The SMILES string of the molecule is Cc1cc(CNCC(=O)Nc2ccccc2F)no1. The summed E-state index contributed by atoms with van der Waals surface area (Å²) in [6.45, 7) is 2.28. The fourth-order valence-corrected chi connectivity index (χ4v) is 1.56. The van der Waals surface area contributed by atoms with Gasteiger partial charge in [-0.1, -0.05) is 17.3 Å². The van der Waals surface area contributed by atoms with Crippen LogP contribution in [-0.2, 0) is 11.3 Å². The van der Waals surface area contributed by atoms with E-state index in [-0.39, 0.29) is 18.1 Å². The van der Waals surface area contributed by atoms with Crippen LogP contribution in [0.5, 0.6) is 0 Å². The molecule has 100 valence electrons. The first-order valence-electron chi connectivity index (χ1n) is 5.82. The van der Waals surface area contributed by atoms with Crippen molar-refractivity contribution in [2.75, 3.05) is 11.9 Å². The van der Waals surface area contributed by atoms with Crippen molar-refractivity contribution < 1.29 is 13.7 Å². The van der Waals surface area contributed by atoms with E-state index in [1.165, 1.54) is 12.1 Å². The maximum atomic E-state index is 13.3. The van der Waals surface area contributed by atoms with Crippen molar-refractivity contribution in [1.29, 1.82) is 0 Å². The Morgan fingerprint density at radius 1 is 1.42 bits per heavy atom. The molecule has 1 amide bonds. The number of halogens is 1. The maximum Gasteiger partial charge on any atom is 0.238 e. The number of hydrogen-bond acceptors (Lipinski definition) is 4. The molecule has 0 aliphatic heterocycles. The molecule has 6 heteroatoms. The molecule has 0 bridgehead atoms. The summed E-state index contributed by atoms with van der Waals surface area (Å²) < 4.78 is 18.2. The Morgan fingerprint density at radius 3 is 2.89 bits per heavy atom. The molecule has 0 spiro atoms. The molecule has 0 fully saturated rings. The molecule has 0 unspecified atom stereocenters. The van der Waals surface area contributed by atoms with Crippen molar-refractivity contribution in [2.45, 2.75) is 13.5 Å². The second-order valence-electron chi connectivity index (χ2n) is 4.06. The Labute approximate surface area is 109 Å². The monoisotopic (exact) mass is 263 g/mol. The molecule has 5 nitrogen and oxygen atoms in total. The van der Waals surface area contributed by atoms with Gasteiger partial charge >= 0.3 is 0 Å². The summed E-state index contributed by atoms with van der Waals surface area (Å²) in [5, 5.41) is 9.16. The molecule has 2 rings (SSSR count). The Balaban J connectivity index is 1.77. The molecular weight excluding hydrogens is 249 g/mol. The smallest absolute Gasteiger partial charge is 0.238 e. The highest BCUT2D eigenvalue weighted by Crippen LogP contribution is 2.11. The largest absolute Gasteiger partial charge is 0.361 e. The summed E-state index contributed by atoms with van der Waals surface area (Å²) in [6.07, 6.45) is 0. The normalized spacial score (nSPS) is 10.4. The van der Waals surface area contributed by atoms with Crippen LogP contribution in [0.1, 0.15) is 11.5 Å². The predicted molar refractivity (Wildman–Crippen MR) is 68.0 cm³/mol. The van der Waals surface area contributed by atoms with Crippen molar-refractivity contribution in [2.24, 2.45) is 0 Å². The lowest BCUT2D eigenvalue weighted by atomic mass is 10.3. The van der Waals surface area contributed by atoms with Crippen LogP contribution in [0, 0.1) is 12.7 Å². The number of nitrogens with one attached hydrogen (secondary N) is 2. The number of rotatable bonds is 5. The van der Waals surface area contributed by atoms with Gasteiger partial charge in [0.05, 0.1) is 17.9 Å². The summed E-state index contributed by atoms with van der Waals surface area (Å²) in [5.74, 6) is -0.0547. The van der Waals surface area contributed by atoms with Gasteiger partial charge in [0.25, 0.3) is 0 Å². The van der Waals surface area contributed by atoms with Gasteiger partial charge in [0.15, 0.2) is 0 Å². The van der Waals surface area contributed by atoms with Gasteiger partial charge in [-0.05, 0) is 19.1 Å². The molecule has 0 saturated carbocycles. The first kappa shape index (κ1) is 13.2. The molecule has 0 aliphatic carbocycles. The number of aryl methyl sites for hydroxylation is 1. The molecule has 0 radical (unpaired) electrons. The minimum absolute atomic E-state index is 0.0697. The van der Waals surface area contributed by atoms with Gasteiger partial charge in [0.1, 0.15) is 11.6 Å². The quantitative estimate of drug-likeness (QED) is 0.864. The number of carbonyl (C=O) groups excluding carboxylic acids is 1. The fraction of sp³-hybridized carbons (Fsp3) is 0.231. The topological polar surface area (TPSA) is 67.2 Å². The Bertz CT molecular complexity index is 569. The molecule has 0 aliphatic rings. The zero-order valence-electron chi connectivity index (χ0n) is 10.4. The van der Waals surface area contributed by atoms with Gasteiger partial charge in [0, 0.05) is 12.6 Å². The minimum Gasteiger partial charge on any atom is -0.361 e. The number of hydrogen-bond donors (Lipinski definition) is 2. The van der Waals surface area contributed by atoms with Crippen LogP contribution in [0.2, 0.25) is 0 Å². The number of anilines is 1. The Kier molecular flexibility index (Phi) is 4.25. The zero-order chi connectivity index (χ0) is 13.7. The fourth-order valence-electron chi connectivity index (χ4n) is 1.56. The van der Waals surface area contributed by atoms with Crippen molar-refractivity contribution in [3.8, 4) is 0 Å². The zero-order valence-corrected chi connectivity index (χ0v) is 10.4. The molecule has 2 aromatic rings. The molecule has 19 heavy (non-hydrogen) atoms. The highest BCUT2D eigenvalue weighted by Gasteiger charge is 2.06. The van der Waals surface area contributed by atoms with Crippen molar-refractivity contribution in [1.82, 2.24) is 10.5 Å². The molecule has 1 aromatic heterocycles. The first-order chi connectivity index (χ1) is 9.15. The van der Waals surface area contributed by atoms with E-state index in [0.717, 1.165) is 5.69 Å². The maximum absolute atomic E-state index is 13.3. The van der Waals surface area contributed by atoms with E-state index in [2.05, 4.69) is 15.8 Å². The third-order valence-corrected chi connectivity index (χ3v) is 2.42. The third-order valence-electron chi connectivity index (χ3n) is 2.42.